The van der Waals surface area contributed by atoms with E-state index < -0.39 is 0 Å². The van der Waals surface area contributed by atoms with Crippen LogP contribution >= 0.6 is 0 Å². The second-order valence-electron chi connectivity index (χ2n) is 4.83. The lowest BCUT2D eigenvalue weighted by molar-refractivity contribution is 0.0648. The molecule has 0 aromatic carbocycles. The molecule has 0 aromatic rings. The van der Waals surface area contributed by atoms with E-state index in [1.165, 1.54) is 38.9 Å². The van der Waals surface area contributed by atoms with Gasteiger partial charge in [0.1, 0.15) is 0 Å². The first kappa shape index (κ1) is 14.9. The van der Waals surface area contributed by atoms with Gasteiger partial charge in [0.25, 0.3) is 0 Å². The zero-order chi connectivity index (χ0) is 12.3. The fourth-order valence-corrected chi connectivity index (χ4v) is 2.26. The number of aliphatic hydroxyl groups is 1. The summed E-state index contributed by atoms with van der Waals surface area (Å²) in [4.78, 5) is 2.47. The van der Waals surface area contributed by atoms with Gasteiger partial charge in [-0.05, 0) is 51.4 Å². The molecule has 1 heterocycles. The molecule has 17 heavy (non-hydrogen) atoms. The van der Waals surface area contributed by atoms with Crippen LogP contribution in [0, 0.1) is 5.92 Å². The third-order valence-electron chi connectivity index (χ3n) is 3.35. The molecule has 1 saturated heterocycles. The van der Waals surface area contributed by atoms with E-state index in [-0.39, 0.29) is 6.61 Å². The van der Waals surface area contributed by atoms with Crippen LogP contribution in [0.4, 0.5) is 0 Å². The minimum absolute atomic E-state index is 0.130. The predicted molar refractivity (Wildman–Crippen MR) is 70.2 cm³/mol. The molecule has 0 unspecified atom stereocenters. The van der Waals surface area contributed by atoms with E-state index in [1.807, 2.05) is 0 Å². The first-order chi connectivity index (χ1) is 8.36. The van der Waals surface area contributed by atoms with Crippen LogP contribution in [0.25, 0.3) is 0 Å². The normalized spacial score (nSPS) is 18.7. The molecule has 1 aliphatic heterocycles. The fraction of sp³-hybridized carbons (Fsp3) is 1.00. The molecule has 0 saturated carbocycles. The molecule has 1 rings (SSSR count). The summed E-state index contributed by atoms with van der Waals surface area (Å²) in [7, 11) is 0. The molecule has 4 nitrogen and oxygen atoms in total. The second kappa shape index (κ2) is 9.83. The van der Waals surface area contributed by atoms with Crippen LogP contribution in [0.15, 0.2) is 0 Å². The highest BCUT2D eigenvalue weighted by molar-refractivity contribution is 4.73. The number of piperidine rings is 1. The summed E-state index contributed by atoms with van der Waals surface area (Å²) < 4.78 is 5.29. The molecule has 0 aromatic heterocycles. The molecular formula is C13H28N2O2. The topological polar surface area (TPSA) is 44.7 Å². The summed E-state index contributed by atoms with van der Waals surface area (Å²) >= 11 is 0. The van der Waals surface area contributed by atoms with E-state index in [0.29, 0.717) is 6.61 Å². The summed E-state index contributed by atoms with van der Waals surface area (Å²) in [5.41, 5.74) is 0. The van der Waals surface area contributed by atoms with Crippen molar-refractivity contribution in [2.75, 3.05) is 52.5 Å². The lowest BCUT2D eigenvalue weighted by Gasteiger charge is -2.31. The van der Waals surface area contributed by atoms with Crippen molar-refractivity contribution in [3.63, 3.8) is 0 Å². The maximum atomic E-state index is 8.60. The van der Waals surface area contributed by atoms with Crippen LogP contribution < -0.4 is 5.32 Å². The number of nitrogens with one attached hydrogen (secondary N) is 1. The van der Waals surface area contributed by atoms with Gasteiger partial charge in [0.15, 0.2) is 0 Å². The number of nitrogens with zero attached hydrogens (tertiary/aromatic N) is 1. The van der Waals surface area contributed by atoms with Crippen LogP contribution in [0.5, 0.6) is 0 Å². The quantitative estimate of drug-likeness (QED) is 0.586. The van der Waals surface area contributed by atoms with Crippen LogP contribution in [-0.2, 0) is 4.74 Å². The molecule has 1 fully saturated rings. The number of likely N-dealkylation sites (tertiary alicyclic amines) is 1. The first-order valence-corrected chi connectivity index (χ1v) is 6.98. The Labute approximate surface area is 105 Å². The first-order valence-electron chi connectivity index (χ1n) is 6.98. The third kappa shape index (κ3) is 6.99. The van der Waals surface area contributed by atoms with Gasteiger partial charge in [0.05, 0.1) is 19.8 Å². The number of ether oxygens (including phenoxy) is 1. The van der Waals surface area contributed by atoms with Gasteiger partial charge < -0.3 is 20.1 Å². The fourth-order valence-electron chi connectivity index (χ4n) is 2.26. The molecule has 1 aliphatic rings. The largest absolute Gasteiger partial charge is 0.394 e. The van der Waals surface area contributed by atoms with Gasteiger partial charge in [-0.1, -0.05) is 6.92 Å². The highest BCUT2D eigenvalue weighted by Crippen LogP contribution is 2.15. The summed E-state index contributed by atoms with van der Waals surface area (Å²) in [6, 6.07) is 0. The monoisotopic (exact) mass is 244 g/mol. The molecular weight excluding hydrogens is 216 g/mol. The van der Waals surface area contributed by atoms with Crippen LogP contribution in [-0.4, -0.2) is 62.6 Å². The number of hydrogen-bond donors (Lipinski definition) is 2. The molecule has 0 amide bonds. The molecule has 0 atom stereocenters. The standard InChI is InChI=1S/C13H28N2O2/c1-2-5-14-12-13-3-6-15(7-4-13)8-10-17-11-9-16/h13-14,16H,2-12H2,1H3. The minimum Gasteiger partial charge on any atom is -0.394 e. The summed E-state index contributed by atoms with van der Waals surface area (Å²) in [6.07, 6.45) is 3.83. The maximum Gasteiger partial charge on any atom is 0.0698 e. The maximum absolute atomic E-state index is 8.60. The van der Waals surface area contributed by atoms with Crippen molar-refractivity contribution in [2.24, 2.45) is 5.92 Å². The summed E-state index contributed by atoms with van der Waals surface area (Å²) in [5.74, 6) is 0.858. The third-order valence-corrected chi connectivity index (χ3v) is 3.35. The Hall–Kier alpha value is -0.160. The minimum atomic E-state index is 0.130. The Bertz CT molecular complexity index is 171. The molecule has 4 heteroatoms. The van der Waals surface area contributed by atoms with Gasteiger partial charge in [-0.3, -0.25) is 0 Å². The zero-order valence-electron chi connectivity index (χ0n) is 11.2. The second-order valence-corrected chi connectivity index (χ2v) is 4.83. The highest BCUT2D eigenvalue weighted by Gasteiger charge is 2.18. The van der Waals surface area contributed by atoms with E-state index >= 15 is 0 Å². The van der Waals surface area contributed by atoms with Crippen molar-refractivity contribution in [3.05, 3.63) is 0 Å². The lowest BCUT2D eigenvalue weighted by atomic mass is 9.97. The summed E-state index contributed by atoms with van der Waals surface area (Å²) in [6.45, 7) is 9.29. The van der Waals surface area contributed by atoms with Gasteiger partial charge in [0.2, 0.25) is 0 Å². The predicted octanol–water partition coefficient (Wildman–Crippen LogP) is 0.707. The Balaban J connectivity index is 1.97. The van der Waals surface area contributed by atoms with E-state index in [9.17, 15) is 0 Å². The average molecular weight is 244 g/mol. The van der Waals surface area contributed by atoms with E-state index in [2.05, 4.69) is 17.1 Å². The van der Waals surface area contributed by atoms with Gasteiger partial charge >= 0.3 is 0 Å². The van der Waals surface area contributed by atoms with Crippen molar-refractivity contribution in [1.29, 1.82) is 0 Å². The Morgan fingerprint density at radius 1 is 1.29 bits per heavy atom. The highest BCUT2D eigenvalue weighted by atomic mass is 16.5. The molecule has 0 spiro atoms. The summed E-state index contributed by atoms with van der Waals surface area (Å²) in [5, 5.41) is 12.1. The smallest absolute Gasteiger partial charge is 0.0698 e. The lowest BCUT2D eigenvalue weighted by Crippen LogP contribution is -2.39. The number of hydrogen-bond acceptors (Lipinski definition) is 4. The molecule has 2 N–H and O–H groups in total. The van der Waals surface area contributed by atoms with Crippen LogP contribution in [0.1, 0.15) is 26.2 Å². The zero-order valence-corrected chi connectivity index (χ0v) is 11.2. The van der Waals surface area contributed by atoms with Crippen molar-refractivity contribution >= 4 is 0 Å². The van der Waals surface area contributed by atoms with Gasteiger partial charge in [0, 0.05) is 6.54 Å². The van der Waals surface area contributed by atoms with Crippen molar-refractivity contribution in [1.82, 2.24) is 10.2 Å². The Morgan fingerprint density at radius 3 is 2.71 bits per heavy atom. The average Bonchev–Trinajstić information content (AvgIpc) is 2.37. The van der Waals surface area contributed by atoms with Crippen molar-refractivity contribution in [2.45, 2.75) is 26.2 Å². The number of aliphatic hydroxyl groups excluding tert-OH is 1. The van der Waals surface area contributed by atoms with Gasteiger partial charge in [-0.25, -0.2) is 0 Å². The molecule has 0 bridgehead atoms. The van der Waals surface area contributed by atoms with Crippen molar-refractivity contribution in [3.8, 4) is 0 Å². The van der Waals surface area contributed by atoms with Gasteiger partial charge in [-0.15, -0.1) is 0 Å². The van der Waals surface area contributed by atoms with E-state index in [4.69, 9.17) is 9.84 Å². The molecule has 0 aliphatic carbocycles. The molecule has 102 valence electrons. The van der Waals surface area contributed by atoms with Crippen LogP contribution in [0.3, 0.4) is 0 Å². The Morgan fingerprint density at radius 2 is 2.06 bits per heavy atom. The molecule has 0 radical (unpaired) electrons. The van der Waals surface area contributed by atoms with E-state index in [0.717, 1.165) is 25.6 Å². The van der Waals surface area contributed by atoms with Crippen molar-refractivity contribution < 1.29 is 9.84 Å². The number of rotatable bonds is 9. The SMILES string of the molecule is CCCNCC1CCN(CCOCCO)CC1. The van der Waals surface area contributed by atoms with E-state index in [1.54, 1.807) is 0 Å². The van der Waals surface area contributed by atoms with Crippen LogP contribution in [0.2, 0.25) is 0 Å². The van der Waals surface area contributed by atoms with Gasteiger partial charge in [-0.2, -0.15) is 0 Å². The Kier molecular flexibility index (Phi) is 8.61.